The first-order chi connectivity index (χ1) is 12.4. The average molecular weight is 371 g/mol. The third-order valence-electron chi connectivity index (χ3n) is 4.09. The van der Waals surface area contributed by atoms with Crippen LogP contribution in [0.2, 0.25) is 0 Å². The summed E-state index contributed by atoms with van der Waals surface area (Å²) >= 11 is 1.51. The second-order valence-corrected chi connectivity index (χ2v) is 7.60. The van der Waals surface area contributed by atoms with Crippen LogP contribution in [0.5, 0.6) is 0 Å². The summed E-state index contributed by atoms with van der Waals surface area (Å²) in [6.07, 6.45) is 0.828. The van der Waals surface area contributed by atoms with Crippen molar-refractivity contribution in [1.29, 1.82) is 0 Å². The van der Waals surface area contributed by atoms with Gasteiger partial charge in [0.05, 0.1) is 10.2 Å². The minimum atomic E-state index is -0.351. The summed E-state index contributed by atoms with van der Waals surface area (Å²) in [5.41, 5.74) is 2.52. The van der Waals surface area contributed by atoms with Crippen LogP contribution in [0, 0.1) is 12.7 Å². The number of carbonyl (C=O) groups is 1. The molecule has 0 atom stereocenters. The lowest BCUT2D eigenvalue weighted by atomic mass is 10.2. The molecule has 0 fully saturated rings. The molecule has 1 heterocycles. The lowest BCUT2D eigenvalue weighted by molar-refractivity contribution is 0.0986. The molecular formula is C20H22FN3OS. The predicted molar refractivity (Wildman–Crippen MR) is 106 cm³/mol. The molecule has 136 valence electrons. The molecule has 0 bridgehead atoms. The van der Waals surface area contributed by atoms with Crippen LogP contribution >= 0.6 is 11.3 Å². The number of anilines is 1. The van der Waals surface area contributed by atoms with E-state index in [0.29, 0.717) is 17.2 Å². The first-order valence-electron chi connectivity index (χ1n) is 8.53. The standard InChI is InChI=1S/C20H22FN3OS/c1-14-5-10-17-18(13-14)26-20(22-17)24(12-4-11-23(2)3)19(25)15-6-8-16(21)9-7-15/h5-10,13H,4,11-12H2,1-3H3. The van der Waals surface area contributed by atoms with Crippen molar-refractivity contribution in [3.05, 3.63) is 59.4 Å². The highest BCUT2D eigenvalue weighted by atomic mass is 32.1. The van der Waals surface area contributed by atoms with E-state index in [2.05, 4.69) is 16.0 Å². The van der Waals surface area contributed by atoms with E-state index in [0.717, 1.165) is 28.7 Å². The molecule has 2 aromatic carbocycles. The van der Waals surface area contributed by atoms with Gasteiger partial charge in [-0.15, -0.1) is 0 Å². The molecular weight excluding hydrogens is 349 g/mol. The zero-order chi connectivity index (χ0) is 18.7. The third kappa shape index (κ3) is 4.26. The van der Waals surface area contributed by atoms with Gasteiger partial charge in [-0.05, 0) is 75.9 Å². The molecule has 0 N–H and O–H groups in total. The van der Waals surface area contributed by atoms with E-state index >= 15 is 0 Å². The van der Waals surface area contributed by atoms with Gasteiger partial charge in [0.15, 0.2) is 5.13 Å². The normalized spacial score (nSPS) is 11.3. The molecule has 0 aliphatic carbocycles. The molecule has 0 saturated carbocycles. The molecule has 0 saturated heterocycles. The number of aromatic nitrogens is 1. The van der Waals surface area contributed by atoms with Gasteiger partial charge in [0.2, 0.25) is 0 Å². The second-order valence-electron chi connectivity index (χ2n) is 6.59. The average Bonchev–Trinajstić information content (AvgIpc) is 3.01. The number of benzene rings is 2. The SMILES string of the molecule is Cc1ccc2nc(N(CCCN(C)C)C(=O)c3ccc(F)cc3)sc2c1. The van der Waals surface area contributed by atoms with Crippen LogP contribution in [0.1, 0.15) is 22.3 Å². The Hall–Kier alpha value is -2.31. The number of hydrogen-bond acceptors (Lipinski definition) is 4. The first kappa shape index (κ1) is 18.5. The van der Waals surface area contributed by atoms with Crippen molar-refractivity contribution in [1.82, 2.24) is 9.88 Å². The van der Waals surface area contributed by atoms with Gasteiger partial charge in [-0.25, -0.2) is 9.37 Å². The largest absolute Gasteiger partial charge is 0.309 e. The highest BCUT2D eigenvalue weighted by molar-refractivity contribution is 7.22. The van der Waals surface area contributed by atoms with Gasteiger partial charge in [0, 0.05) is 12.1 Å². The van der Waals surface area contributed by atoms with Crippen molar-refractivity contribution in [2.24, 2.45) is 0 Å². The molecule has 4 nitrogen and oxygen atoms in total. The van der Waals surface area contributed by atoms with E-state index in [-0.39, 0.29) is 11.7 Å². The topological polar surface area (TPSA) is 36.4 Å². The van der Waals surface area contributed by atoms with Crippen LogP contribution in [0.4, 0.5) is 9.52 Å². The lowest BCUT2D eigenvalue weighted by Crippen LogP contribution is -2.33. The van der Waals surface area contributed by atoms with Gasteiger partial charge in [-0.2, -0.15) is 0 Å². The summed E-state index contributed by atoms with van der Waals surface area (Å²) in [7, 11) is 4.01. The third-order valence-corrected chi connectivity index (χ3v) is 5.13. The summed E-state index contributed by atoms with van der Waals surface area (Å²) < 4.78 is 14.3. The van der Waals surface area contributed by atoms with Crippen LogP contribution < -0.4 is 4.90 Å². The number of fused-ring (bicyclic) bond motifs is 1. The van der Waals surface area contributed by atoms with E-state index in [9.17, 15) is 9.18 Å². The fourth-order valence-electron chi connectivity index (χ4n) is 2.71. The van der Waals surface area contributed by atoms with Crippen molar-refractivity contribution in [3.8, 4) is 0 Å². The molecule has 26 heavy (non-hydrogen) atoms. The molecule has 0 aliphatic heterocycles. The Kier molecular flexibility index (Phi) is 5.64. The Morgan fingerprint density at radius 3 is 2.54 bits per heavy atom. The Balaban J connectivity index is 1.92. The van der Waals surface area contributed by atoms with Gasteiger partial charge in [-0.1, -0.05) is 17.4 Å². The number of thiazole rings is 1. The number of halogens is 1. The predicted octanol–water partition coefficient (Wildman–Crippen LogP) is 4.34. The summed E-state index contributed by atoms with van der Waals surface area (Å²) in [6, 6.07) is 11.7. The minimum absolute atomic E-state index is 0.153. The quantitative estimate of drug-likeness (QED) is 0.647. The Morgan fingerprint density at radius 1 is 1.12 bits per heavy atom. The van der Waals surface area contributed by atoms with Crippen LogP contribution in [-0.4, -0.2) is 43.0 Å². The van der Waals surface area contributed by atoms with Crippen molar-refractivity contribution in [2.45, 2.75) is 13.3 Å². The molecule has 6 heteroatoms. The number of nitrogens with zero attached hydrogens (tertiary/aromatic N) is 3. The zero-order valence-electron chi connectivity index (χ0n) is 15.2. The second kappa shape index (κ2) is 7.93. The molecule has 1 amide bonds. The summed E-state index contributed by atoms with van der Waals surface area (Å²) in [5, 5.41) is 0.679. The summed E-state index contributed by atoms with van der Waals surface area (Å²) in [4.78, 5) is 21.5. The van der Waals surface area contributed by atoms with Crippen LogP contribution in [0.3, 0.4) is 0 Å². The molecule has 0 unspecified atom stereocenters. The Bertz CT molecular complexity index is 905. The molecule has 3 rings (SSSR count). The van der Waals surface area contributed by atoms with Gasteiger partial charge in [-0.3, -0.25) is 9.69 Å². The maximum atomic E-state index is 13.2. The van der Waals surface area contributed by atoms with Gasteiger partial charge >= 0.3 is 0 Å². The van der Waals surface area contributed by atoms with E-state index in [1.807, 2.05) is 33.2 Å². The van der Waals surface area contributed by atoms with Crippen LogP contribution in [-0.2, 0) is 0 Å². The van der Waals surface area contributed by atoms with E-state index in [1.165, 1.54) is 35.6 Å². The number of carbonyl (C=O) groups excluding carboxylic acids is 1. The van der Waals surface area contributed by atoms with Crippen molar-refractivity contribution < 1.29 is 9.18 Å². The fourth-order valence-corrected chi connectivity index (χ4v) is 3.80. The van der Waals surface area contributed by atoms with E-state index in [4.69, 9.17) is 0 Å². The molecule has 3 aromatic rings. The smallest absolute Gasteiger partial charge is 0.260 e. The lowest BCUT2D eigenvalue weighted by Gasteiger charge is -2.21. The van der Waals surface area contributed by atoms with Crippen molar-refractivity contribution >= 4 is 32.6 Å². The highest BCUT2D eigenvalue weighted by Gasteiger charge is 2.21. The number of aryl methyl sites for hydroxylation is 1. The number of amides is 1. The van der Waals surface area contributed by atoms with Gasteiger partial charge in [0.25, 0.3) is 5.91 Å². The van der Waals surface area contributed by atoms with Gasteiger partial charge < -0.3 is 4.90 Å². The summed E-state index contributed by atoms with van der Waals surface area (Å²) in [5.74, 6) is -0.504. The fraction of sp³-hybridized carbons (Fsp3) is 0.300. The van der Waals surface area contributed by atoms with Gasteiger partial charge in [0.1, 0.15) is 5.82 Å². The number of hydrogen-bond donors (Lipinski definition) is 0. The summed E-state index contributed by atoms with van der Waals surface area (Å²) in [6.45, 7) is 3.47. The maximum absolute atomic E-state index is 13.2. The van der Waals surface area contributed by atoms with Crippen LogP contribution in [0.15, 0.2) is 42.5 Å². The Morgan fingerprint density at radius 2 is 1.85 bits per heavy atom. The molecule has 1 aromatic heterocycles. The van der Waals surface area contributed by atoms with Crippen LogP contribution in [0.25, 0.3) is 10.2 Å². The maximum Gasteiger partial charge on any atom is 0.260 e. The monoisotopic (exact) mass is 371 g/mol. The molecule has 0 spiro atoms. The van der Waals surface area contributed by atoms with Crippen molar-refractivity contribution in [2.75, 3.05) is 32.1 Å². The van der Waals surface area contributed by atoms with Crippen molar-refractivity contribution in [3.63, 3.8) is 0 Å². The number of rotatable bonds is 6. The Labute approximate surface area is 156 Å². The minimum Gasteiger partial charge on any atom is -0.309 e. The zero-order valence-corrected chi connectivity index (χ0v) is 16.0. The van der Waals surface area contributed by atoms with E-state index in [1.54, 1.807) is 4.90 Å². The highest BCUT2D eigenvalue weighted by Crippen LogP contribution is 2.30. The molecule has 0 aliphatic rings. The molecule has 0 radical (unpaired) electrons. The first-order valence-corrected chi connectivity index (χ1v) is 9.35. The van der Waals surface area contributed by atoms with E-state index < -0.39 is 0 Å².